The number of aliphatic hydroxyl groups is 1. The third-order valence-electron chi connectivity index (χ3n) is 5.97. The minimum Gasteiger partial charge on any atom is -0.386 e. The van der Waals surface area contributed by atoms with Crippen molar-refractivity contribution in [2.75, 3.05) is 43.4 Å². The summed E-state index contributed by atoms with van der Waals surface area (Å²) in [5, 5.41) is 18.9. The Hall–Kier alpha value is -3.56. The normalized spacial score (nSPS) is 15.2. The van der Waals surface area contributed by atoms with Crippen LogP contribution in [0.2, 0.25) is 0 Å². The number of nitrogens with one attached hydrogen (secondary N) is 1. The van der Waals surface area contributed by atoms with E-state index in [1.165, 1.54) is 5.69 Å². The highest BCUT2D eigenvalue weighted by Crippen LogP contribution is 2.24. The SMILES string of the molecule is CN1CCN(c2ccc(Nc3ncc4cnn(-c5cc(C(C)(C)O)ccn5)c4n3)cc2)CC1. The van der Waals surface area contributed by atoms with Crippen molar-refractivity contribution in [3.8, 4) is 5.82 Å². The lowest BCUT2D eigenvalue weighted by Gasteiger charge is -2.34. The summed E-state index contributed by atoms with van der Waals surface area (Å²) in [7, 11) is 2.16. The maximum Gasteiger partial charge on any atom is 0.229 e. The van der Waals surface area contributed by atoms with Crippen LogP contribution in [0, 0.1) is 0 Å². The molecule has 1 aromatic carbocycles. The zero-order valence-electron chi connectivity index (χ0n) is 19.1. The number of hydrogen-bond donors (Lipinski definition) is 2. The lowest BCUT2D eigenvalue weighted by atomic mass is 10.00. The van der Waals surface area contributed by atoms with Gasteiger partial charge >= 0.3 is 0 Å². The van der Waals surface area contributed by atoms with Crippen molar-refractivity contribution in [1.29, 1.82) is 0 Å². The second-order valence-electron chi connectivity index (χ2n) is 8.95. The molecule has 1 aliphatic rings. The highest BCUT2D eigenvalue weighted by molar-refractivity contribution is 5.76. The van der Waals surface area contributed by atoms with Crippen LogP contribution in [0.15, 0.2) is 55.0 Å². The summed E-state index contributed by atoms with van der Waals surface area (Å²) in [5.41, 5.74) is 2.56. The van der Waals surface area contributed by atoms with E-state index in [2.05, 4.69) is 54.3 Å². The van der Waals surface area contributed by atoms with Crippen molar-refractivity contribution >= 4 is 28.4 Å². The van der Waals surface area contributed by atoms with E-state index in [9.17, 15) is 5.11 Å². The van der Waals surface area contributed by atoms with Crippen molar-refractivity contribution in [2.45, 2.75) is 19.4 Å². The average molecular weight is 445 g/mol. The topological polar surface area (TPSA) is 95.2 Å². The molecule has 9 nitrogen and oxygen atoms in total. The van der Waals surface area contributed by atoms with Crippen LogP contribution in [0.3, 0.4) is 0 Å². The summed E-state index contributed by atoms with van der Waals surface area (Å²) in [5.74, 6) is 1.07. The summed E-state index contributed by atoms with van der Waals surface area (Å²) in [6, 6.07) is 12.0. The van der Waals surface area contributed by atoms with E-state index in [1.54, 1.807) is 43.2 Å². The molecule has 1 aliphatic heterocycles. The molecule has 4 aromatic rings. The Bertz CT molecular complexity index is 1250. The monoisotopic (exact) mass is 444 g/mol. The van der Waals surface area contributed by atoms with Crippen molar-refractivity contribution in [1.82, 2.24) is 29.6 Å². The first-order valence-corrected chi connectivity index (χ1v) is 11.1. The molecule has 2 N–H and O–H groups in total. The fourth-order valence-electron chi connectivity index (χ4n) is 3.91. The fraction of sp³-hybridized carbons (Fsp3) is 0.333. The zero-order valence-corrected chi connectivity index (χ0v) is 19.1. The van der Waals surface area contributed by atoms with Gasteiger partial charge in [-0.25, -0.2) is 9.97 Å². The van der Waals surface area contributed by atoms with Crippen molar-refractivity contribution in [2.24, 2.45) is 0 Å². The molecule has 0 spiro atoms. The van der Waals surface area contributed by atoms with Gasteiger partial charge in [-0.05, 0) is 62.9 Å². The molecule has 0 radical (unpaired) electrons. The minimum absolute atomic E-state index is 0.482. The number of piperazine rings is 1. The van der Waals surface area contributed by atoms with E-state index in [0.717, 1.165) is 42.8 Å². The summed E-state index contributed by atoms with van der Waals surface area (Å²) >= 11 is 0. The van der Waals surface area contributed by atoms with Gasteiger partial charge in [0.2, 0.25) is 5.95 Å². The van der Waals surface area contributed by atoms with Crippen LogP contribution in [-0.4, -0.2) is 68.0 Å². The third kappa shape index (κ3) is 4.50. The quantitative estimate of drug-likeness (QED) is 0.485. The van der Waals surface area contributed by atoms with Gasteiger partial charge in [0, 0.05) is 49.9 Å². The van der Waals surface area contributed by atoms with Gasteiger partial charge in [-0.15, -0.1) is 0 Å². The van der Waals surface area contributed by atoms with E-state index in [-0.39, 0.29) is 0 Å². The number of pyridine rings is 1. The zero-order chi connectivity index (χ0) is 23.0. The molecule has 0 saturated carbocycles. The molecule has 9 heteroatoms. The molecule has 0 atom stereocenters. The second kappa shape index (κ2) is 8.42. The van der Waals surface area contributed by atoms with Gasteiger partial charge < -0.3 is 20.2 Å². The summed E-state index contributed by atoms with van der Waals surface area (Å²) < 4.78 is 1.66. The number of nitrogens with zero attached hydrogens (tertiary/aromatic N) is 7. The predicted molar refractivity (Wildman–Crippen MR) is 129 cm³/mol. The smallest absolute Gasteiger partial charge is 0.229 e. The maximum absolute atomic E-state index is 10.3. The van der Waals surface area contributed by atoms with Crippen LogP contribution in [-0.2, 0) is 5.60 Å². The molecule has 1 saturated heterocycles. The Morgan fingerprint density at radius 3 is 2.45 bits per heavy atom. The standard InChI is InChI=1S/C24H28N8O/c1-24(2,33)18-8-9-25-21(14-18)32-22-17(16-27-32)15-26-23(29-22)28-19-4-6-20(7-5-19)31-12-10-30(3)11-13-31/h4-9,14-16,33H,10-13H2,1-3H3,(H,26,28,29). The van der Waals surface area contributed by atoms with Crippen molar-refractivity contribution < 1.29 is 5.11 Å². The van der Waals surface area contributed by atoms with Crippen LogP contribution in [0.25, 0.3) is 16.9 Å². The lowest BCUT2D eigenvalue weighted by Crippen LogP contribution is -2.44. The van der Waals surface area contributed by atoms with E-state index < -0.39 is 5.60 Å². The van der Waals surface area contributed by atoms with Gasteiger partial charge in [0.1, 0.15) is 0 Å². The number of likely N-dealkylation sites (N-methyl/N-ethyl adjacent to an activating group) is 1. The molecule has 0 unspecified atom stereocenters. The largest absolute Gasteiger partial charge is 0.386 e. The summed E-state index contributed by atoms with van der Waals surface area (Å²) in [6.45, 7) is 7.72. The number of aromatic nitrogens is 5. The molecule has 170 valence electrons. The van der Waals surface area contributed by atoms with Crippen LogP contribution < -0.4 is 10.2 Å². The Kier molecular flexibility index (Phi) is 5.43. The molecule has 0 bridgehead atoms. The molecule has 1 fully saturated rings. The first-order chi connectivity index (χ1) is 15.9. The number of benzene rings is 1. The Labute approximate surface area is 192 Å². The van der Waals surface area contributed by atoms with E-state index in [4.69, 9.17) is 0 Å². The molecule has 5 rings (SSSR count). The lowest BCUT2D eigenvalue weighted by molar-refractivity contribution is 0.0785. The van der Waals surface area contributed by atoms with Gasteiger partial charge in [0.25, 0.3) is 0 Å². The predicted octanol–water partition coefficient (Wildman–Crippen LogP) is 2.93. The highest BCUT2D eigenvalue weighted by Gasteiger charge is 2.18. The van der Waals surface area contributed by atoms with Crippen LogP contribution in [0.5, 0.6) is 0 Å². The number of anilines is 3. The van der Waals surface area contributed by atoms with Gasteiger partial charge in [-0.2, -0.15) is 14.8 Å². The van der Waals surface area contributed by atoms with Crippen molar-refractivity contribution in [3.05, 3.63) is 60.6 Å². The first kappa shape index (κ1) is 21.3. The van der Waals surface area contributed by atoms with Gasteiger partial charge in [0.15, 0.2) is 11.5 Å². The molecule has 3 aromatic heterocycles. The first-order valence-electron chi connectivity index (χ1n) is 11.1. The van der Waals surface area contributed by atoms with Crippen LogP contribution in [0.1, 0.15) is 19.4 Å². The van der Waals surface area contributed by atoms with Crippen molar-refractivity contribution in [3.63, 3.8) is 0 Å². The average Bonchev–Trinajstić information content (AvgIpc) is 3.23. The molecular weight excluding hydrogens is 416 g/mol. The van der Waals surface area contributed by atoms with Gasteiger partial charge in [-0.3, -0.25) is 0 Å². The summed E-state index contributed by atoms with van der Waals surface area (Å²) in [6.07, 6.45) is 5.12. The number of fused-ring (bicyclic) bond motifs is 1. The van der Waals surface area contributed by atoms with Gasteiger partial charge in [-0.1, -0.05) is 0 Å². The van der Waals surface area contributed by atoms with E-state index in [1.807, 2.05) is 18.2 Å². The molecule has 0 amide bonds. The van der Waals surface area contributed by atoms with E-state index in [0.29, 0.717) is 17.4 Å². The van der Waals surface area contributed by atoms with Crippen LogP contribution in [0.4, 0.5) is 17.3 Å². The van der Waals surface area contributed by atoms with Gasteiger partial charge in [0.05, 0.1) is 17.2 Å². The second-order valence-corrected chi connectivity index (χ2v) is 8.95. The fourth-order valence-corrected chi connectivity index (χ4v) is 3.91. The minimum atomic E-state index is -0.974. The van der Waals surface area contributed by atoms with Crippen LogP contribution >= 0.6 is 0 Å². The Morgan fingerprint density at radius 1 is 0.970 bits per heavy atom. The highest BCUT2D eigenvalue weighted by atomic mass is 16.3. The molecule has 33 heavy (non-hydrogen) atoms. The Morgan fingerprint density at radius 2 is 1.73 bits per heavy atom. The molecule has 4 heterocycles. The Balaban J connectivity index is 1.38. The number of hydrogen-bond acceptors (Lipinski definition) is 8. The van der Waals surface area contributed by atoms with E-state index >= 15 is 0 Å². The maximum atomic E-state index is 10.3. The summed E-state index contributed by atoms with van der Waals surface area (Å²) in [4.78, 5) is 18.3. The molecular formula is C24H28N8O. The third-order valence-corrected chi connectivity index (χ3v) is 5.97. The number of rotatable bonds is 5. The molecule has 0 aliphatic carbocycles.